The van der Waals surface area contributed by atoms with Gasteiger partial charge in [-0.05, 0) is 54.5 Å². The van der Waals surface area contributed by atoms with Crippen molar-refractivity contribution in [3.05, 3.63) is 98.9 Å². The highest BCUT2D eigenvalue weighted by molar-refractivity contribution is 8.26. The van der Waals surface area contributed by atoms with Gasteiger partial charge in [0.05, 0.1) is 10.9 Å². The van der Waals surface area contributed by atoms with Crippen molar-refractivity contribution in [2.75, 3.05) is 11.9 Å². The molecule has 3 aromatic rings. The number of thiocarbonyl (C=S) groups is 1. The molecular weight excluding hydrogens is 523 g/mol. The molecule has 35 heavy (non-hydrogen) atoms. The lowest BCUT2D eigenvalue weighted by atomic mass is 10.1. The number of ether oxygens (including phenoxy) is 1. The molecular formula is C26H20Cl2N2O3S2. The number of nitrogens with zero attached hydrogens (tertiary/aromatic N) is 1. The van der Waals surface area contributed by atoms with Crippen molar-refractivity contribution in [3.8, 4) is 5.75 Å². The van der Waals surface area contributed by atoms with Crippen LogP contribution in [0.5, 0.6) is 5.75 Å². The van der Waals surface area contributed by atoms with Gasteiger partial charge in [-0.2, -0.15) is 0 Å². The molecule has 0 radical (unpaired) electrons. The summed E-state index contributed by atoms with van der Waals surface area (Å²) in [4.78, 5) is 27.5. The van der Waals surface area contributed by atoms with E-state index in [9.17, 15) is 9.59 Å². The summed E-state index contributed by atoms with van der Waals surface area (Å²) >= 11 is 18.7. The summed E-state index contributed by atoms with van der Waals surface area (Å²) in [6, 6.07) is 21.5. The van der Waals surface area contributed by atoms with Gasteiger partial charge in [-0.25, -0.2) is 0 Å². The van der Waals surface area contributed by atoms with Gasteiger partial charge in [0, 0.05) is 15.7 Å². The number of carbonyl (C=O) groups is 2. The molecule has 178 valence electrons. The second kappa shape index (κ2) is 11.3. The number of amides is 2. The number of rotatable bonds is 7. The monoisotopic (exact) mass is 542 g/mol. The summed E-state index contributed by atoms with van der Waals surface area (Å²) in [5.41, 5.74) is 2.26. The standard InChI is InChI=1S/C26H20Cl2N2O3S2/c1-16(18-7-3-2-4-8-18)30-25(32)23(35-26(30)34)11-17-6-5-9-22(10-17)33-15-24(31)29-21-13-19(27)12-20(28)14-21/h2-14,16H,15H2,1H3,(H,29,31)/b23-11-/t16-/m1/s1. The Morgan fingerprint density at radius 2 is 1.80 bits per heavy atom. The number of carbonyl (C=O) groups excluding carboxylic acids is 2. The molecule has 1 fully saturated rings. The van der Waals surface area contributed by atoms with E-state index in [0.717, 1.165) is 11.1 Å². The van der Waals surface area contributed by atoms with Crippen molar-refractivity contribution in [1.29, 1.82) is 0 Å². The zero-order chi connectivity index (χ0) is 24.9. The maximum absolute atomic E-state index is 13.1. The Bertz CT molecular complexity index is 1290. The average Bonchev–Trinajstić information content (AvgIpc) is 3.10. The number of halogens is 2. The van der Waals surface area contributed by atoms with Gasteiger partial charge in [-0.3, -0.25) is 14.5 Å². The van der Waals surface area contributed by atoms with E-state index in [1.54, 1.807) is 47.4 Å². The van der Waals surface area contributed by atoms with E-state index in [2.05, 4.69) is 5.32 Å². The first-order valence-electron chi connectivity index (χ1n) is 10.6. The summed E-state index contributed by atoms with van der Waals surface area (Å²) in [7, 11) is 0. The fourth-order valence-corrected chi connectivity index (χ4v) is 5.46. The van der Waals surface area contributed by atoms with Gasteiger partial charge in [0.25, 0.3) is 11.8 Å². The van der Waals surface area contributed by atoms with E-state index in [-0.39, 0.29) is 24.5 Å². The fraction of sp³-hybridized carbons (Fsp3) is 0.115. The van der Waals surface area contributed by atoms with Crippen LogP contribution in [-0.2, 0) is 9.59 Å². The molecule has 0 aromatic heterocycles. The maximum atomic E-state index is 13.1. The number of anilines is 1. The minimum Gasteiger partial charge on any atom is -0.484 e. The quantitative estimate of drug-likeness (QED) is 0.258. The van der Waals surface area contributed by atoms with E-state index in [1.807, 2.05) is 43.3 Å². The van der Waals surface area contributed by atoms with E-state index < -0.39 is 0 Å². The second-order valence-corrected chi connectivity index (χ2v) is 10.3. The Balaban J connectivity index is 1.41. The predicted molar refractivity (Wildman–Crippen MR) is 147 cm³/mol. The number of hydrogen-bond acceptors (Lipinski definition) is 5. The summed E-state index contributed by atoms with van der Waals surface area (Å²) in [5, 5.41) is 3.54. The van der Waals surface area contributed by atoms with Crippen LogP contribution in [0.1, 0.15) is 24.1 Å². The van der Waals surface area contributed by atoms with Crippen LogP contribution in [0.15, 0.2) is 77.7 Å². The van der Waals surface area contributed by atoms with Crippen LogP contribution in [0.3, 0.4) is 0 Å². The number of hydrogen-bond donors (Lipinski definition) is 1. The van der Waals surface area contributed by atoms with Crippen LogP contribution in [0.4, 0.5) is 5.69 Å². The molecule has 1 aliphatic heterocycles. The van der Waals surface area contributed by atoms with Crippen molar-refractivity contribution in [2.24, 2.45) is 0 Å². The highest BCUT2D eigenvalue weighted by Crippen LogP contribution is 2.38. The van der Waals surface area contributed by atoms with Crippen LogP contribution in [0.25, 0.3) is 6.08 Å². The largest absolute Gasteiger partial charge is 0.484 e. The van der Waals surface area contributed by atoms with Crippen molar-refractivity contribution in [3.63, 3.8) is 0 Å². The molecule has 1 N–H and O–H groups in total. The Hall–Kier alpha value is -2.84. The van der Waals surface area contributed by atoms with Gasteiger partial charge in [-0.15, -0.1) is 0 Å². The SMILES string of the molecule is C[C@H](c1ccccc1)N1C(=O)/C(=C/c2cccc(OCC(=O)Nc3cc(Cl)cc(Cl)c3)c2)SC1=S. The highest BCUT2D eigenvalue weighted by Gasteiger charge is 2.35. The number of nitrogens with one attached hydrogen (secondary N) is 1. The van der Waals surface area contributed by atoms with Gasteiger partial charge in [-0.1, -0.05) is 89.6 Å². The zero-order valence-corrected chi connectivity index (χ0v) is 21.7. The summed E-state index contributed by atoms with van der Waals surface area (Å²) in [6.07, 6.45) is 1.78. The molecule has 5 nitrogen and oxygen atoms in total. The predicted octanol–water partition coefficient (Wildman–Crippen LogP) is 6.97. The number of thioether (sulfide) groups is 1. The molecule has 0 spiro atoms. The lowest BCUT2D eigenvalue weighted by Crippen LogP contribution is -2.30. The maximum Gasteiger partial charge on any atom is 0.266 e. The normalized spacial score (nSPS) is 15.4. The Labute approximate surface area is 223 Å². The zero-order valence-electron chi connectivity index (χ0n) is 18.5. The third-order valence-electron chi connectivity index (χ3n) is 5.16. The van der Waals surface area contributed by atoms with Crippen molar-refractivity contribution in [2.45, 2.75) is 13.0 Å². The molecule has 9 heteroatoms. The molecule has 1 atom stereocenters. The molecule has 1 heterocycles. The molecule has 1 aliphatic rings. The van der Waals surface area contributed by atoms with Crippen molar-refractivity contribution >= 4 is 75.1 Å². The van der Waals surface area contributed by atoms with E-state index in [1.165, 1.54) is 11.8 Å². The summed E-state index contributed by atoms with van der Waals surface area (Å²) in [5.74, 6) is -0.00194. The molecule has 4 rings (SSSR count). The third kappa shape index (κ3) is 6.44. The van der Waals surface area contributed by atoms with E-state index >= 15 is 0 Å². The van der Waals surface area contributed by atoms with Gasteiger partial charge in [0.2, 0.25) is 0 Å². The van der Waals surface area contributed by atoms with Crippen LogP contribution >= 0.6 is 47.2 Å². The van der Waals surface area contributed by atoms with E-state index in [0.29, 0.717) is 30.7 Å². The van der Waals surface area contributed by atoms with Crippen LogP contribution in [0, 0.1) is 0 Å². The van der Waals surface area contributed by atoms with E-state index in [4.69, 9.17) is 40.2 Å². The molecule has 0 unspecified atom stereocenters. The Morgan fingerprint density at radius 3 is 2.51 bits per heavy atom. The van der Waals surface area contributed by atoms with Crippen LogP contribution in [-0.4, -0.2) is 27.6 Å². The second-order valence-electron chi connectivity index (χ2n) is 7.71. The first-order chi connectivity index (χ1) is 16.8. The molecule has 2 amide bonds. The number of benzene rings is 3. The molecule has 0 bridgehead atoms. The van der Waals surface area contributed by atoms with Gasteiger partial charge < -0.3 is 10.1 Å². The van der Waals surface area contributed by atoms with Gasteiger partial charge in [0.15, 0.2) is 6.61 Å². The lowest BCUT2D eigenvalue weighted by Gasteiger charge is -2.23. The minimum absolute atomic E-state index is 0.137. The fourth-order valence-electron chi connectivity index (χ4n) is 3.51. The van der Waals surface area contributed by atoms with Crippen LogP contribution in [0.2, 0.25) is 10.0 Å². The Kier molecular flexibility index (Phi) is 8.13. The third-order valence-corrected chi connectivity index (χ3v) is 6.93. The topological polar surface area (TPSA) is 58.6 Å². The molecule has 0 saturated carbocycles. The van der Waals surface area contributed by atoms with Crippen molar-refractivity contribution in [1.82, 2.24) is 4.90 Å². The van der Waals surface area contributed by atoms with Crippen molar-refractivity contribution < 1.29 is 14.3 Å². The first-order valence-corrected chi connectivity index (χ1v) is 12.6. The molecule has 3 aromatic carbocycles. The summed E-state index contributed by atoms with van der Waals surface area (Å²) in [6.45, 7) is 1.75. The lowest BCUT2D eigenvalue weighted by molar-refractivity contribution is -0.123. The molecule has 0 aliphatic carbocycles. The average molecular weight is 543 g/mol. The summed E-state index contributed by atoms with van der Waals surface area (Å²) < 4.78 is 6.15. The van der Waals surface area contributed by atoms with Gasteiger partial charge >= 0.3 is 0 Å². The van der Waals surface area contributed by atoms with Gasteiger partial charge in [0.1, 0.15) is 10.1 Å². The minimum atomic E-state index is -0.357. The van der Waals surface area contributed by atoms with Crippen LogP contribution < -0.4 is 10.1 Å². The first kappa shape index (κ1) is 25.3. The Morgan fingerprint density at radius 1 is 1.09 bits per heavy atom. The smallest absolute Gasteiger partial charge is 0.266 e. The highest BCUT2D eigenvalue weighted by atomic mass is 35.5. The molecule has 1 saturated heterocycles.